The van der Waals surface area contributed by atoms with Gasteiger partial charge in [0.1, 0.15) is 0 Å². The van der Waals surface area contributed by atoms with E-state index in [0.717, 1.165) is 6.54 Å². The Balaban J connectivity index is 2.08. The van der Waals surface area contributed by atoms with Crippen LogP contribution in [0.25, 0.3) is 0 Å². The Morgan fingerprint density at radius 3 is 2.21 bits per heavy atom. The normalized spacial score (nSPS) is 12.4. The van der Waals surface area contributed by atoms with Gasteiger partial charge in [-0.15, -0.1) is 0 Å². The van der Waals surface area contributed by atoms with Gasteiger partial charge in [-0.3, -0.25) is 0 Å². The SMILES string of the molecule is Cc1cc(C)c(C(C)NCc2ccccc2)cc1C. The third kappa shape index (κ3) is 3.45. The van der Waals surface area contributed by atoms with Crippen molar-refractivity contribution >= 4 is 0 Å². The molecule has 1 N–H and O–H groups in total. The van der Waals surface area contributed by atoms with Crippen molar-refractivity contribution in [2.24, 2.45) is 0 Å². The smallest absolute Gasteiger partial charge is 0.0297 e. The van der Waals surface area contributed by atoms with Gasteiger partial charge in [-0.2, -0.15) is 0 Å². The molecule has 0 saturated heterocycles. The Hall–Kier alpha value is -1.60. The summed E-state index contributed by atoms with van der Waals surface area (Å²) in [5.41, 5.74) is 6.84. The average Bonchev–Trinajstić information content (AvgIpc) is 2.41. The Kier molecular flexibility index (Phi) is 4.39. The summed E-state index contributed by atoms with van der Waals surface area (Å²) >= 11 is 0. The molecule has 0 aliphatic heterocycles. The van der Waals surface area contributed by atoms with E-state index >= 15 is 0 Å². The first-order chi connectivity index (χ1) is 9.08. The molecule has 2 aromatic carbocycles. The van der Waals surface area contributed by atoms with Crippen molar-refractivity contribution in [3.05, 3.63) is 70.3 Å². The molecule has 1 heteroatoms. The van der Waals surface area contributed by atoms with Crippen molar-refractivity contribution in [1.82, 2.24) is 5.32 Å². The molecule has 0 aliphatic rings. The van der Waals surface area contributed by atoms with Gasteiger partial charge >= 0.3 is 0 Å². The number of benzene rings is 2. The zero-order chi connectivity index (χ0) is 13.8. The lowest BCUT2D eigenvalue weighted by Crippen LogP contribution is -2.19. The minimum atomic E-state index is 0.375. The van der Waals surface area contributed by atoms with Gasteiger partial charge in [0.2, 0.25) is 0 Å². The van der Waals surface area contributed by atoms with Crippen molar-refractivity contribution in [1.29, 1.82) is 0 Å². The average molecular weight is 253 g/mol. The summed E-state index contributed by atoms with van der Waals surface area (Å²) in [5.74, 6) is 0. The number of rotatable bonds is 4. The summed E-state index contributed by atoms with van der Waals surface area (Å²) in [7, 11) is 0. The Bertz CT molecular complexity index is 543. The van der Waals surface area contributed by atoms with Crippen LogP contribution in [-0.4, -0.2) is 0 Å². The van der Waals surface area contributed by atoms with E-state index in [-0.39, 0.29) is 0 Å². The molecule has 1 atom stereocenters. The van der Waals surface area contributed by atoms with Gasteiger partial charge in [0.15, 0.2) is 0 Å². The first kappa shape index (κ1) is 13.8. The van der Waals surface area contributed by atoms with E-state index in [9.17, 15) is 0 Å². The van der Waals surface area contributed by atoms with Gasteiger partial charge in [0.05, 0.1) is 0 Å². The van der Waals surface area contributed by atoms with Crippen molar-refractivity contribution in [3.8, 4) is 0 Å². The molecule has 0 bridgehead atoms. The molecular formula is C18H23N. The van der Waals surface area contributed by atoms with Crippen LogP contribution in [0.2, 0.25) is 0 Å². The van der Waals surface area contributed by atoms with Crippen molar-refractivity contribution in [3.63, 3.8) is 0 Å². The molecule has 0 radical (unpaired) electrons. The fraction of sp³-hybridized carbons (Fsp3) is 0.333. The topological polar surface area (TPSA) is 12.0 Å². The lowest BCUT2D eigenvalue weighted by atomic mass is 9.96. The maximum atomic E-state index is 3.60. The molecule has 2 aromatic rings. The highest BCUT2D eigenvalue weighted by molar-refractivity contribution is 5.38. The predicted octanol–water partition coefficient (Wildman–Crippen LogP) is 4.46. The van der Waals surface area contributed by atoms with Crippen LogP contribution in [0.5, 0.6) is 0 Å². The largest absolute Gasteiger partial charge is 0.306 e. The summed E-state index contributed by atoms with van der Waals surface area (Å²) < 4.78 is 0. The molecule has 0 fully saturated rings. The summed E-state index contributed by atoms with van der Waals surface area (Å²) in [6.07, 6.45) is 0. The second-order valence-electron chi connectivity index (χ2n) is 5.38. The van der Waals surface area contributed by atoms with Gasteiger partial charge in [-0.25, -0.2) is 0 Å². The van der Waals surface area contributed by atoms with Crippen molar-refractivity contribution in [2.45, 2.75) is 40.3 Å². The van der Waals surface area contributed by atoms with Crippen molar-refractivity contribution in [2.75, 3.05) is 0 Å². The van der Waals surface area contributed by atoms with E-state index < -0.39 is 0 Å². The Morgan fingerprint density at radius 1 is 0.895 bits per heavy atom. The quantitative estimate of drug-likeness (QED) is 0.848. The second-order valence-corrected chi connectivity index (χ2v) is 5.38. The van der Waals surface area contributed by atoms with Gasteiger partial charge in [-0.1, -0.05) is 42.5 Å². The van der Waals surface area contributed by atoms with Crippen LogP contribution in [0.1, 0.15) is 40.8 Å². The number of hydrogen-bond acceptors (Lipinski definition) is 1. The van der Waals surface area contributed by atoms with Crippen LogP contribution in [0.15, 0.2) is 42.5 Å². The molecule has 0 amide bonds. The van der Waals surface area contributed by atoms with E-state index in [0.29, 0.717) is 6.04 Å². The van der Waals surface area contributed by atoms with Crippen LogP contribution >= 0.6 is 0 Å². The van der Waals surface area contributed by atoms with E-state index in [1.165, 1.54) is 27.8 Å². The zero-order valence-corrected chi connectivity index (χ0v) is 12.3. The highest BCUT2D eigenvalue weighted by Crippen LogP contribution is 2.21. The third-order valence-corrected chi connectivity index (χ3v) is 3.80. The van der Waals surface area contributed by atoms with Gasteiger partial charge in [0.25, 0.3) is 0 Å². The van der Waals surface area contributed by atoms with E-state index in [4.69, 9.17) is 0 Å². The van der Waals surface area contributed by atoms with Gasteiger partial charge < -0.3 is 5.32 Å². The van der Waals surface area contributed by atoms with Crippen LogP contribution in [0.3, 0.4) is 0 Å². The molecule has 19 heavy (non-hydrogen) atoms. The van der Waals surface area contributed by atoms with Crippen LogP contribution < -0.4 is 5.32 Å². The molecule has 100 valence electrons. The third-order valence-electron chi connectivity index (χ3n) is 3.80. The number of aryl methyl sites for hydroxylation is 3. The van der Waals surface area contributed by atoms with Gasteiger partial charge in [0, 0.05) is 12.6 Å². The second kappa shape index (κ2) is 6.03. The standard InChI is InChI=1S/C18H23N/c1-13-10-15(3)18(11-14(13)2)16(4)19-12-17-8-6-5-7-9-17/h5-11,16,19H,12H2,1-4H3. The maximum absolute atomic E-state index is 3.60. The summed E-state index contributed by atoms with van der Waals surface area (Å²) in [6.45, 7) is 9.70. The monoisotopic (exact) mass is 253 g/mol. The summed E-state index contributed by atoms with van der Waals surface area (Å²) in [5, 5.41) is 3.60. The Morgan fingerprint density at radius 2 is 1.53 bits per heavy atom. The number of nitrogens with one attached hydrogen (secondary N) is 1. The molecule has 1 nitrogen and oxygen atoms in total. The molecule has 0 aliphatic carbocycles. The highest BCUT2D eigenvalue weighted by Gasteiger charge is 2.09. The molecule has 0 heterocycles. The molecule has 0 spiro atoms. The fourth-order valence-corrected chi connectivity index (χ4v) is 2.43. The summed E-state index contributed by atoms with van der Waals surface area (Å²) in [6, 6.07) is 15.5. The van der Waals surface area contributed by atoms with E-state index in [2.05, 4.69) is 75.5 Å². The molecule has 0 saturated carbocycles. The number of hydrogen-bond donors (Lipinski definition) is 1. The molecule has 2 rings (SSSR count). The lowest BCUT2D eigenvalue weighted by Gasteiger charge is -2.18. The predicted molar refractivity (Wildman–Crippen MR) is 82.3 cm³/mol. The first-order valence-corrected chi connectivity index (χ1v) is 6.93. The molecule has 1 unspecified atom stereocenters. The minimum absolute atomic E-state index is 0.375. The highest BCUT2D eigenvalue weighted by atomic mass is 14.9. The first-order valence-electron chi connectivity index (χ1n) is 6.93. The molecule has 0 aromatic heterocycles. The van der Waals surface area contributed by atoms with Crippen LogP contribution in [-0.2, 0) is 6.54 Å². The minimum Gasteiger partial charge on any atom is -0.306 e. The maximum Gasteiger partial charge on any atom is 0.0297 e. The zero-order valence-electron chi connectivity index (χ0n) is 12.3. The molecular weight excluding hydrogens is 230 g/mol. The van der Waals surface area contributed by atoms with Crippen LogP contribution in [0, 0.1) is 20.8 Å². The fourth-order valence-electron chi connectivity index (χ4n) is 2.43. The lowest BCUT2D eigenvalue weighted by molar-refractivity contribution is 0.572. The van der Waals surface area contributed by atoms with Crippen molar-refractivity contribution < 1.29 is 0 Å². The van der Waals surface area contributed by atoms with E-state index in [1.807, 2.05) is 0 Å². The summed E-state index contributed by atoms with van der Waals surface area (Å²) in [4.78, 5) is 0. The van der Waals surface area contributed by atoms with Gasteiger partial charge in [-0.05, 0) is 55.5 Å². The Labute approximate surface area is 116 Å². The van der Waals surface area contributed by atoms with E-state index in [1.54, 1.807) is 0 Å². The van der Waals surface area contributed by atoms with Crippen LogP contribution in [0.4, 0.5) is 0 Å².